The van der Waals surface area contributed by atoms with Crippen LogP contribution in [0.15, 0.2) is 24.3 Å². The van der Waals surface area contributed by atoms with Crippen LogP contribution >= 0.6 is 0 Å². The molecule has 3 atom stereocenters. The number of benzene rings is 1. The van der Waals surface area contributed by atoms with Gasteiger partial charge in [0.15, 0.2) is 0 Å². The monoisotopic (exact) mass is 273 g/mol. The van der Waals surface area contributed by atoms with Crippen LogP contribution in [-0.4, -0.2) is 6.04 Å². The Bertz CT molecular complexity index is 412. The van der Waals surface area contributed by atoms with Crippen molar-refractivity contribution in [3.05, 3.63) is 35.4 Å². The van der Waals surface area contributed by atoms with E-state index in [2.05, 4.69) is 64.2 Å². The lowest BCUT2D eigenvalue weighted by molar-refractivity contribution is 0.437. The number of nitrogens with one attached hydrogen (secondary N) is 1. The first-order chi connectivity index (χ1) is 9.40. The van der Waals surface area contributed by atoms with Gasteiger partial charge in [-0.15, -0.1) is 0 Å². The second-order valence-electron chi connectivity index (χ2n) is 7.54. The Kier molecular flexibility index (Phi) is 4.90. The van der Waals surface area contributed by atoms with E-state index in [1.807, 2.05) is 0 Å². The molecule has 1 fully saturated rings. The van der Waals surface area contributed by atoms with E-state index in [0.717, 1.165) is 12.0 Å². The summed E-state index contributed by atoms with van der Waals surface area (Å²) in [5.74, 6) is 0.947. The molecule has 112 valence electrons. The SMILES string of the molecule is CCC1CCC(NC(C)c2ccc(C(C)(C)C)cc2)C1. The highest BCUT2D eigenvalue weighted by Gasteiger charge is 2.24. The van der Waals surface area contributed by atoms with E-state index >= 15 is 0 Å². The Morgan fingerprint density at radius 3 is 2.30 bits per heavy atom. The van der Waals surface area contributed by atoms with Crippen molar-refractivity contribution in [3.63, 3.8) is 0 Å². The molecule has 1 aliphatic carbocycles. The molecule has 1 N–H and O–H groups in total. The lowest BCUT2D eigenvalue weighted by Crippen LogP contribution is -2.29. The van der Waals surface area contributed by atoms with Gasteiger partial charge < -0.3 is 5.32 Å². The van der Waals surface area contributed by atoms with Gasteiger partial charge in [0.1, 0.15) is 0 Å². The molecule has 0 amide bonds. The average Bonchev–Trinajstić information content (AvgIpc) is 2.85. The molecule has 3 unspecified atom stereocenters. The summed E-state index contributed by atoms with van der Waals surface area (Å²) in [4.78, 5) is 0. The molecule has 1 aromatic rings. The van der Waals surface area contributed by atoms with E-state index in [-0.39, 0.29) is 5.41 Å². The van der Waals surface area contributed by atoms with Crippen LogP contribution in [0.1, 0.15) is 77.5 Å². The molecular formula is C19H31N. The Labute approximate surface area is 125 Å². The lowest BCUT2D eigenvalue weighted by Gasteiger charge is -2.22. The Hall–Kier alpha value is -0.820. The van der Waals surface area contributed by atoms with Crippen LogP contribution in [-0.2, 0) is 5.41 Å². The third-order valence-electron chi connectivity index (χ3n) is 4.88. The fourth-order valence-corrected chi connectivity index (χ4v) is 3.32. The van der Waals surface area contributed by atoms with Gasteiger partial charge in [-0.25, -0.2) is 0 Å². The largest absolute Gasteiger partial charge is 0.307 e. The first-order valence-corrected chi connectivity index (χ1v) is 8.26. The molecule has 20 heavy (non-hydrogen) atoms. The molecule has 2 rings (SSSR count). The van der Waals surface area contributed by atoms with Crippen molar-refractivity contribution in [3.8, 4) is 0 Å². The third-order valence-corrected chi connectivity index (χ3v) is 4.88. The summed E-state index contributed by atoms with van der Waals surface area (Å²) in [5.41, 5.74) is 3.08. The van der Waals surface area contributed by atoms with Gasteiger partial charge in [-0.3, -0.25) is 0 Å². The highest BCUT2D eigenvalue weighted by atomic mass is 14.9. The predicted molar refractivity (Wildman–Crippen MR) is 88.1 cm³/mol. The van der Waals surface area contributed by atoms with Gasteiger partial charge in [0.2, 0.25) is 0 Å². The van der Waals surface area contributed by atoms with Crippen LogP contribution in [0.2, 0.25) is 0 Å². The normalized spacial score (nSPS) is 24.9. The van der Waals surface area contributed by atoms with Gasteiger partial charge >= 0.3 is 0 Å². The van der Waals surface area contributed by atoms with E-state index in [9.17, 15) is 0 Å². The average molecular weight is 273 g/mol. The van der Waals surface area contributed by atoms with E-state index in [1.54, 1.807) is 0 Å². The summed E-state index contributed by atoms with van der Waals surface area (Å²) in [5, 5.41) is 3.82. The summed E-state index contributed by atoms with van der Waals surface area (Å²) in [7, 11) is 0. The Morgan fingerprint density at radius 2 is 1.80 bits per heavy atom. The maximum Gasteiger partial charge on any atom is 0.0294 e. The van der Waals surface area contributed by atoms with E-state index < -0.39 is 0 Å². The second-order valence-corrected chi connectivity index (χ2v) is 7.54. The molecular weight excluding hydrogens is 242 g/mol. The van der Waals surface area contributed by atoms with Crippen LogP contribution < -0.4 is 5.32 Å². The Morgan fingerprint density at radius 1 is 1.15 bits per heavy atom. The first-order valence-electron chi connectivity index (χ1n) is 8.26. The van der Waals surface area contributed by atoms with Crippen LogP contribution in [0.5, 0.6) is 0 Å². The van der Waals surface area contributed by atoms with Crippen molar-refractivity contribution < 1.29 is 0 Å². The molecule has 1 heteroatoms. The minimum absolute atomic E-state index is 0.245. The van der Waals surface area contributed by atoms with Crippen molar-refractivity contribution in [2.75, 3.05) is 0 Å². The van der Waals surface area contributed by atoms with Crippen molar-refractivity contribution >= 4 is 0 Å². The minimum atomic E-state index is 0.245. The topological polar surface area (TPSA) is 12.0 Å². The van der Waals surface area contributed by atoms with E-state index in [1.165, 1.54) is 36.8 Å². The van der Waals surface area contributed by atoms with Gasteiger partial charge in [-0.05, 0) is 48.6 Å². The molecule has 1 aliphatic rings. The second kappa shape index (κ2) is 6.30. The lowest BCUT2D eigenvalue weighted by atomic mass is 9.86. The highest BCUT2D eigenvalue weighted by Crippen LogP contribution is 2.30. The van der Waals surface area contributed by atoms with Gasteiger partial charge in [-0.2, -0.15) is 0 Å². The summed E-state index contributed by atoms with van der Waals surface area (Å²) >= 11 is 0. The van der Waals surface area contributed by atoms with Crippen molar-refractivity contribution in [1.29, 1.82) is 0 Å². The smallest absolute Gasteiger partial charge is 0.0294 e. The molecule has 0 spiro atoms. The minimum Gasteiger partial charge on any atom is -0.307 e. The highest BCUT2D eigenvalue weighted by molar-refractivity contribution is 5.29. The van der Waals surface area contributed by atoms with Gasteiger partial charge in [0.25, 0.3) is 0 Å². The van der Waals surface area contributed by atoms with Crippen LogP contribution in [0.3, 0.4) is 0 Å². The molecule has 0 aromatic heterocycles. The van der Waals surface area contributed by atoms with Crippen molar-refractivity contribution in [2.24, 2.45) is 5.92 Å². The summed E-state index contributed by atoms with van der Waals surface area (Å²) in [6.07, 6.45) is 5.46. The summed E-state index contributed by atoms with van der Waals surface area (Å²) in [6, 6.07) is 10.4. The number of rotatable bonds is 4. The van der Waals surface area contributed by atoms with E-state index in [0.29, 0.717) is 6.04 Å². The van der Waals surface area contributed by atoms with Crippen LogP contribution in [0.25, 0.3) is 0 Å². The predicted octanol–water partition coefficient (Wildman–Crippen LogP) is 5.21. The van der Waals surface area contributed by atoms with Gasteiger partial charge in [0.05, 0.1) is 0 Å². The molecule has 1 aromatic carbocycles. The summed E-state index contributed by atoms with van der Waals surface area (Å²) < 4.78 is 0. The van der Waals surface area contributed by atoms with Crippen molar-refractivity contribution in [1.82, 2.24) is 5.32 Å². The molecule has 1 nitrogen and oxygen atoms in total. The standard InChI is InChI=1S/C19H31N/c1-6-15-7-12-18(13-15)20-14(2)16-8-10-17(11-9-16)19(3,4)5/h8-11,14-15,18,20H,6-7,12-13H2,1-5H3. The zero-order chi connectivity index (χ0) is 14.8. The quantitative estimate of drug-likeness (QED) is 0.793. The van der Waals surface area contributed by atoms with E-state index in [4.69, 9.17) is 0 Å². The molecule has 0 heterocycles. The van der Waals surface area contributed by atoms with Crippen LogP contribution in [0, 0.1) is 5.92 Å². The first kappa shape index (κ1) is 15.6. The van der Waals surface area contributed by atoms with Crippen molar-refractivity contribution in [2.45, 2.75) is 77.8 Å². The summed E-state index contributed by atoms with van der Waals surface area (Å²) in [6.45, 7) is 11.4. The number of hydrogen-bond acceptors (Lipinski definition) is 1. The molecule has 0 bridgehead atoms. The Balaban J connectivity index is 1.94. The third kappa shape index (κ3) is 3.85. The molecule has 0 aliphatic heterocycles. The maximum absolute atomic E-state index is 3.82. The molecule has 0 saturated heterocycles. The zero-order valence-electron chi connectivity index (χ0n) is 13.9. The maximum atomic E-state index is 3.82. The number of hydrogen-bond donors (Lipinski definition) is 1. The fraction of sp³-hybridized carbons (Fsp3) is 0.684. The molecule has 1 saturated carbocycles. The fourth-order valence-electron chi connectivity index (χ4n) is 3.32. The zero-order valence-corrected chi connectivity index (χ0v) is 13.9. The van der Waals surface area contributed by atoms with Gasteiger partial charge in [0, 0.05) is 12.1 Å². The van der Waals surface area contributed by atoms with Crippen LogP contribution in [0.4, 0.5) is 0 Å². The van der Waals surface area contributed by atoms with Gasteiger partial charge in [-0.1, -0.05) is 58.4 Å². The molecule has 0 radical (unpaired) electrons.